The van der Waals surface area contributed by atoms with Gasteiger partial charge in [0.2, 0.25) is 0 Å². The zero-order valence-corrected chi connectivity index (χ0v) is 19.4. The van der Waals surface area contributed by atoms with Crippen LogP contribution in [-0.4, -0.2) is 62.8 Å². The van der Waals surface area contributed by atoms with E-state index in [1.165, 1.54) is 18.2 Å². The molecule has 0 saturated carbocycles. The number of carbonyl (C=O) groups excluding carboxylic acids is 2. The van der Waals surface area contributed by atoms with Gasteiger partial charge in [-0.25, -0.2) is 9.18 Å². The monoisotopic (exact) mass is 458 g/mol. The standard InChI is InChI=1S/C24H31FN4O4/c1-15-12-26-16(2)14-33-21-9-8-19(11-20(21)23(30)29(3)13-22(15)32-4)28-24(31)27-18-7-5-6-17(25)10-18/h5-11,15-16,22,26H,12-14H2,1-4H3,(H2,27,28,31)/t15-,16-,22+/m0/s1. The number of amides is 3. The zero-order valence-electron chi connectivity index (χ0n) is 19.4. The van der Waals surface area contributed by atoms with Crippen LogP contribution < -0.4 is 20.7 Å². The number of carbonyl (C=O) groups is 2. The number of rotatable bonds is 3. The number of anilines is 2. The molecule has 1 heterocycles. The van der Waals surface area contributed by atoms with Crippen molar-refractivity contribution in [1.82, 2.24) is 10.2 Å². The SMILES string of the molecule is CO[C@@H]1CN(C)C(=O)c2cc(NC(=O)Nc3cccc(F)c3)ccc2OC[C@H](C)NC[C@@H]1C. The fourth-order valence-corrected chi connectivity index (χ4v) is 3.60. The van der Waals surface area contributed by atoms with Crippen LogP contribution in [0.25, 0.3) is 0 Å². The van der Waals surface area contributed by atoms with Crippen molar-refractivity contribution < 1.29 is 23.5 Å². The summed E-state index contributed by atoms with van der Waals surface area (Å²) >= 11 is 0. The van der Waals surface area contributed by atoms with Gasteiger partial charge >= 0.3 is 6.03 Å². The predicted molar refractivity (Wildman–Crippen MR) is 125 cm³/mol. The van der Waals surface area contributed by atoms with Crippen LogP contribution in [0.3, 0.4) is 0 Å². The van der Waals surface area contributed by atoms with Crippen LogP contribution in [0.4, 0.5) is 20.6 Å². The number of hydrogen-bond acceptors (Lipinski definition) is 5. The highest BCUT2D eigenvalue weighted by Crippen LogP contribution is 2.26. The molecule has 2 aromatic rings. The average Bonchev–Trinajstić information content (AvgIpc) is 2.78. The Balaban J connectivity index is 1.82. The molecule has 2 aromatic carbocycles. The summed E-state index contributed by atoms with van der Waals surface area (Å²) in [6, 6.07) is 10.00. The number of ether oxygens (including phenoxy) is 2. The van der Waals surface area contributed by atoms with Crippen LogP contribution >= 0.6 is 0 Å². The van der Waals surface area contributed by atoms with Crippen LogP contribution in [-0.2, 0) is 4.74 Å². The smallest absolute Gasteiger partial charge is 0.323 e. The van der Waals surface area contributed by atoms with Crippen molar-refractivity contribution in [2.45, 2.75) is 26.0 Å². The summed E-state index contributed by atoms with van der Waals surface area (Å²) in [6.07, 6.45) is -0.138. The summed E-state index contributed by atoms with van der Waals surface area (Å²) in [6.45, 7) is 5.61. The van der Waals surface area contributed by atoms with Gasteiger partial charge in [0.25, 0.3) is 5.91 Å². The maximum absolute atomic E-state index is 13.4. The Hall–Kier alpha value is -3.17. The third-order valence-electron chi connectivity index (χ3n) is 5.57. The van der Waals surface area contributed by atoms with E-state index < -0.39 is 11.8 Å². The Labute approximate surface area is 193 Å². The van der Waals surface area contributed by atoms with Crippen molar-refractivity contribution >= 4 is 23.3 Å². The molecule has 8 nitrogen and oxygen atoms in total. The van der Waals surface area contributed by atoms with Crippen molar-refractivity contribution in [2.24, 2.45) is 5.92 Å². The maximum atomic E-state index is 13.4. The molecule has 0 saturated heterocycles. The van der Waals surface area contributed by atoms with Gasteiger partial charge in [-0.2, -0.15) is 0 Å². The van der Waals surface area contributed by atoms with Gasteiger partial charge in [-0.1, -0.05) is 13.0 Å². The number of fused-ring (bicyclic) bond motifs is 1. The van der Waals surface area contributed by atoms with Crippen molar-refractivity contribution in [2.75, 3.05) is 44.5 Å². The number of benzene rings is 2. The molecule has 3 atom stereocenters. The summed E-state index contributed by atoms with van der Waals surface area (Å²) < 4.78 is 24.9. The van der Waals surface area contributed by atoms with Crippen molar-refractivity contribution in [3.63, 3.8) is 0 Å². The molecular formula is C24H31FN4O4. The zero-order chi connectivity index (χ0) is 24.0. The van der Waals surface area contributed by atoms with Crippen LogP contribution in [0.1, 0.15) is 24.2 Å². The van der Waals surface area contributed by atoms with E-state index in [0.717, 1.165) is 6.54 Å². The molecule has 1 aliphatic rings. The Morgan fingerprint density at radius 3 is 2.61 bits per heavy atom. The molecule has 3 N–H and O–H groups in total. The second-order valence-electron chi connectivity index (χ2n) is 8.36. The second-order valence-corrected chi connectivity index (χ2v) is 8.36. The molecule has 0 aliphatic carbocycles. The molecule has 178 valence electrons. The topological polar surface area (TPSA) is 91.9 Å². The third kappa shape index (κ3) is 6.66. The first kappa shape index (κ1) is 24.5. The lowest BCUT2D eigenvalue weighted by Gasteiger charge is -2.30. The lowest BCUT2D eigenvalue weighted by atomic mass is 10.0. The van der Waals surface area contributed by atoms with Gasteiger partial charge in [0, 0.05) is 44.7 Å². The molecule has 33 heavy (non-hydrogen) atoms. The molecule has 9 heteroatoms. The van der Waals surface area contributed by atoms with Crippen LogP contribution in [0.2, 0.25) is 0 Å². The van der Waals surface area contributed by atoms with E-state index in [2.05, 4.69) is 22.9 Å². The first-order valence-electron chi connectivity index (χ1n) is 10.9. The summed E-state index contributed by atoms with van der Waals surface area (Å²) in [5.41, 5.74) is 1.05. The van der Waals surface area contributed by atoms with Gasteiger partial charge in [-0.05, 0) is 49.2 Å². The van der Waals surface area contributed by atoms with Gasteiger partial charge < -0.3 is 30.3 Å². The van der Waals surface area contributed by atoms with E-state index in [-0.39, 0.29) is 24.0 Å². The van der Waals surface area contributed by atoms with Crippen LogP contribution in [0.15, 0.2) is 42.5 Å². The van der Waals surface area contributed by atoms with Gasteiger partial charge in [-0.15, -0.1) is 0 Å². The first-order valence-corrected chi connectivity index (χ1v) is 10.9. The molecule has 0 radical (unpaired) electrons. The molecule has 0 unspecified atom stereocenters. The minimum atomic E-state index is -0.554. The molecule has 0 fully saturated rings. The van der Waals surface area contributed by atoms with E-state index >= 15 is 0 Å². The molecule has 3 amide bonds. The predicted octanol–water partition coefficient (Wildman–Crippen LogP) is 3.56. The highest BCUT2D eigenvalue weighted by atomic mass is 19.1. The fraction of sp³-hybridized carbons (Fsp3) is 0.417. The van der Waals surface area contributed by atoms with Crippen molar-refractivity contribution in [3.05, 3.63) is 53.8 Å². The summed E-state index contributed by atoms with van der Waals surface area (Å²) in [5, 5.41) is 8.69. The van der Waals surface area contributed by atoms with Gasteiger partial charge in [0.15, 0.2) is 0 Å². The summed E-state index contributed by atoms with van der Waals surface area (Å²) in [4.78, 5) is 27.2. The lowest BCUT2D eigenvalue weighted by Crippen LogP contribution is -2.44. The number of nitrogens with one attached hydrogen (secondary N) is 3. The maximum Gasteiger partial charge on any atom is 0.323 e. The Bertz CT molecular complexity index is 987. The van der Waals surface area contributed by atoms with E-state index in [1.807, 2.05) is 6.92 Å². The van der Waals surface area contributed by atoms with Crippen LogP contribution in [0.5, 0.6) is 5.75 Å². The number of hydrogen-bond donors (Lipinski definition) is 3. The van der Waals surface area contributed by atoms with E-state index in [0.29, 0.717) is 35.8 Å². The molecule has 3 rings (SSSR count). The molecular weight excluding hydrogens is 427 g/mol. The number of likely N-dealkylation sites (N-methyl/N-ethyl adjacent to an activating group) is 1. The quantitative estimate of drug-likeness (QED) is 0.654. The minimum absolute atomic E-state index is 0.0694. The highest BCUT2D eigenvalue weighted by Gasteiger charge is 2.25. The van der Waals surface area contributed by atoms with Crippen LogP contribution in [0, 0.1) is 11.7 Å². The molecule has 0 bridgehead atoms. The molecule has 1 aliphatic heterocycles. The fourth-order valence-electron chi connectivity index (χ4n) is 3.60. The summed E-state index contributed by atoms with van der Waals surface area (Å²) in [7, 11) is 3.36. The second kappa shape index (κ2) is 11.1. The Morgan fingerprint density at radius 1 is 1.18 bits per heavy atom. The Morgan fingerprint density at radius 2 is 1.91 bits per heavy atom. The average molecular weight is 459 g/mol. The number of halogens is 1. The van der Waals surface area contributed by atoms with E-state index in [1.54, 1.807) is 43.3 Å². The largest absolute Gasteiger partial charge is 0.491 e. The van der Waals surface area contributed by atoms with E-state index in [9.17, 15) is 14.0 Å². The molecule has 0 aromatic heterocycles. The number of methoxy groups -OCH3 is 1. The highest BCUT2D eigenvalue weighted by molar-refractivity contribution is 6.02. The van der Waals surface area contributed by atoms with Gasteiger partial charge in [0.1, 0.15) is 18.2 Å². The normalized spacial score (nSPS) is 21.8. The minimum Gasteiger partial charge on any atom is -0.491 e. The lowest BCUT2D eigenvalue weighted by molar-refractivity contribution is 0.0281. The first-order chi connectivity index (χ1) is 15.8. The summed E-state index contributed by atoms with van der Waals surface area (Å²) in [5.74, 6) is -0.0781. The number of nitrogens with zero attached hydrogens (tertiary/aromatic N) is 1. The van der Waals surface area contributed by atoms with Crippen molar-refractivity contribution in [1.29, 1.82) is 0 Å². The third-order valence-corrected chi connectivity index (χ3v) is 5.57. The van der Waals surface area contributed by atoms with E-state index in [4.69, 9.17) is 9.47 Å². The van der Waals surface area contributed by atoms with Gasteiger partial charge in [0.05, 0.1) is 11.7 Å². The van der Waals surface area contributed by atoms with Gasteiger partial charge in [-0.3, -0.25) is 4.79 Å². The Kier molecular flexibility index (Phi) is 8.24. The number of urea groups is 1. The molecule has 0 spiro atoms. The van der Waals surface area contributed by atoms with Crippen molar-refractivity contribution in [3.8, 4) is 5.75 Å².